The molecule has 0 atom stereocenters. The Morgan fingerprint density at radius 3 is 1.82 bits per heavy atom. The molecule has 11 nitrogen and oxygen atoms in total. The van der Waals surface area contributed by atoms with E-state index in [1.807, 2.05) is 6.92 Å². The number of benzene rings is 1. The number of carboxylic acids is 2. The highest BCUT2D eigenvalue weighted by Crippen LogP contribution is 2.09. The van der Waals surface area contributed by atoms with Gasteiger partial charge in [0.15, 0.2) is 0 Å². The zero-order valence-corrected chi connectivity index (χ0v) is 19.0. The van der Waals surface area contributed by atoms with Gasteiger partial charge in [0.2, 0.25) is 0 Å². The first kappa shape index (κ1) is 27.9. The summed E-state index contributed by atoms with van der Waals surface area (Å²) in [5.41, 5.74) is 0.956. The Labute approximate surface area is 192 Å². The molecule has 2 rings (SSSR count). The molecule has 0 spiro atoms. The maximum absolute atomic E-state index is 11.3. The smallest absolute Gasteiger partial charge is 0.317 e. The van der Waals surface area contributed by atoms with E-state index in [4.69, 9.17) is 14.8 Å². The highest BCUT2D eigenvalue weighted by Gasteiger charge is 2.22. The van der Waals surface area contributed by atoms with Crippen molar-refractivity contribution < 1.29 is 42.4 Å². The second-order valence-electron chi connectivity index (χ2n) is 7.36. The molecule has 0 unspecified atom stereocenters. The first-order valence-electron chi connectivity index (χ1n) is 10.1. The summed E-state index contributed by atoms with van der Waals surface area (Å²) in [6.45, 7) is 2.01. The van der Waals surface area contributed by atoms with Gasteiger partial charge in [0.1, 0.15) is 0 Å². The van der Waals surface area contributed by atoms with Gasteiger partial charge in [-0.3, -0.25) is 33.5 Å². The number of amides is 2. The van der Waals surface area contributed by atoms with Crippen LogP contribution in [0.3, 0.4) is 0 Å². The van der Waals surface area contributed by atoms with Crippen molar-refractivity contribution >= 4 is 33.9 Å². The van der Waals surface area contributed by atoms with Crippen LogP contribution < -0.4 is 0 Å². The maximum Gasteiger partial charge on any atom is 0.317 e. The van der Waals surface area contributed by atoms with Gasteiger partial charge in [-0.15, -0.1) is 0 Å². The molecule has 1 aromatic carbocycles. The summed E-state index contributed by atoms with van der Waals surface area (Å²) < 4.78 is 29.6. The fraction of sp³-hybridized carbons (Fsp3) is 0.429. The molecule has 1 aliphatic heterocycles. The molecule has 0 saturated carbocycles. The van der Waals surface area contributed by atoms with Crippen molar-refractivity contribution in [3.05, 3.63) is 42.0 Å². The zero-order chi connectivity index (χ0) is 25.0. The van der Waals surface area contributed by atoms with Crippen LogP contribution in [0, 0.1) is 6.92 Å². The average molecular weight is 485 g/mol. The van der Waals surface area contributed by atoms with Gasteiger partial charge in [-0.25, -0.2) is 0 Å². The predicted octanol–water partition coefficient (Wildman–Crippen LogP) is 1.18. The second-order valence-corrected chi connectivity index (χ2v) is 8.78. The number of aryl methyl sites for hydroxylation is 1. The van der Waals surface area contributed by atoms with Crippen LogP contribution in [0.5, 0.6) is 0 Å². The van der Waals surface area contributed by atoms with Crippen molar-refractivity contribution in [2.24, 2.45) is 0 Å². The third-order valence-electron chi connectivity index (χ3n) is 4.54. The van der Waals surface area contributed by atoms with Gasteiger partial charge < -0.3 is 10.2 Å². The SMILES string of the molecule is Cc1ccc(S(=O)(=O)O)cc1.O=C(O)CN(CCCCCCN1C(=O)C=CC1=O)CC(=O)O. The number of hydrogen-bond acceptors (Lipinski definition) is 7. The van der Waals surface area contributed by atoms with E-state index in [0.29, 0.717) is 25.9 Å². The molecule has 1 aliphatic rings. The molecule has 0 bridgehead atoms. The fourth-order valence-corrected chi connectivity index (χ4v) is 3.40. The summed E-state index contributed by atoms with van der Waals surface area (Å²) in [5.74, 6) is -2.70. The minimum absolute atomic E-state index is 0.0666. The molecule has 33 heavy (non-hydrogen) atoms. The summed E-state index contributed by atoms with van der Waals surface area (Å²) in [6, 6.07) is 5.99. The Balaban J connectivity index is 0.000000412. The van der Waals surface area contributed by atoms with Crippen molar-refractivity contribution in [1.29, 1.82) is 0 Å². The monoisotopic (exact) mass is 484 g/mol. The molecule has 0 fully saturated rings. The van der Waals surface area contributed by atoms with Crippen molar-refractivity contribution in [3.63, 3.8) is 0 Å². The summed E-state index contributed by atoms with van der Waals surface area (Å²) in [4.78, 5) is 46.3. The predicted molar refractivity (Wildman–Crippen MR) is 117 cm³/mol. The lowest BCUT2D eigenvalue weighted by atomic mass is 10.2. The fourth-order valence-electron chi connectivity index (χ4n) is 2.92. The third-order valence-corrected chi connectivity index (χ3v) is 5.41. The summed E-state index contributed by atoms with van der Waals surface area (Å²) in [7, 11) is -4.02. The molecule has 0 aromatic heterocycles. The average Bonchev–Trinajstić information content (AvgIpc) is 3.01. The Kier molecular flexibility index (Phi) is 11.4. The highest BCUT2D eigenvalue weighted by molar-refractivity contribution is 7.85. The molecule has 12 heteroatoms. The van der Waals surface area contributed by atoms with Crippen LogP contribution >= 0.6 is 0 Å². The number of carboxylic acid groups (broad SMARTS) is 2. The van der Waals surface area contributed by atoms with Gasteiger partial charge in [-0.2, -0.15) is 8.42 Å². The number of nitrogens with zero attached hydrogens (tertiary/aromatic N) is 2. The number of rotatable bonds is 12. The quantitative estimate of drug-likeness (QED) is 0.222. The molecule has 3 N–H and O–H groups in total. The molecule has 0 aliphatic carbocycles. The lowest BCUT2D eigenvalue weighted by Gasteiger charge is -2.17. The molecule has 0 saturated heterocycles. The first-order chi connectivity index (χ1) is 15.4. The van der Waals surface area contributed by atoms with Crippen LogP contribution in [0.4, 0.5) is 0 Å². The maximum atomic E-state index is 11.3. The van der Waals surface area contributed by atoms with Crippen LogP contribution in [-0.2, 0) is 29.3 Å². The Morgan fingerprint density at radius 1 is 0.879 bits per heavy atom. The zero-order valence-electron chi connectivity index (χ0n) is 18.2. The summed E-state index contributed by atoms with van der Waals surface area (Å²) >= 11 is 0. The van der Waals surface area contributed by atoms with Gasteiger partial charge in [0, 0.05) is 18.7 Å². The number of unbranched alkanes of at least 4 members (excludes halogenated alkanes) is 3. The first-order valence-corrected chi connectivity index (χ1v) is 11.6. The number of imide groups is 1. The number of carbonyl (C=O) groups is 4. The molecular weight excluding hydrogens is 456 g/mol. The van der Waals surface area contributed by atoms with Gasteiger partial charge >= 0.3 is 11.9 Å². The Hall–Kier alpha value is -3.09. The van der Waals surface area contributed by atoms with Crippen LogP contribution in [0.15, 0.2) is 41.3 Å². The van der Waals surface area contributed by atoms with Crippen LogP contribution in [0.25, 0.3) is 0 Å². The largest absolute Gasteiger partial charge is 0.480 e. The molecular formula is C21H28N2O9S. The van der Waals surface area contributed by atoms with E-state index in [-0.39, 0.29) is 29.8 Å². The second kappa shape index (κ2) is 13.5. The van der Waals surface area contributed by atoms with E-state index in [9.17, 15) is 27.6 Å². The number of hydrogen-bond donors (Lipinski definition) is 3. The van der Waals surface area contributed by atoms with Crippen molar-refractivity contribution in [2.75, 3.05) is 26.2 Å². The van der Waals surface area contributed by atoms with Crippen molar-refractivity contribution in [1.82, 2.24) is 9.80 Å². The minimum Gasteiger partial charge on any atom is -0.480 e. The lowest BCUT2D eigenvalue weighted by molar-refractivity contribution is -0.142. The van der Waals surface area contributed by atoms with Crippen molar-refractivity contribution in [3.8, 4) is 0 Å². The van der Waals surface area contributed by atoms with E-state index in [2.05, 4.69) is 0 Å². The molecule has 0 radical (unpaired) electrons. The Bertz CT molecular complexity index is 938. The van der Waals surface area contributed by atoms with Gasteiger partial charge in [-0.1, -0.05) is 30.5 Å². The van der Waals surface area contributed by atoms with Crippen LogP contribution in [-0.4, -0.2) is 82.9 Å². The molecule has 1 aromatic rings. The van der Waals surface area contributed by atoms with E-state index in [1.54, 1.807) is 12.1 Å². The van der Waals surface area contributed by atoms with E-state index in [0.717, 1.165) is 18.4 Å². The van der Waals surface area contributed by atoms with E-state index >= 15 is 0 Å². The standard InChI is InChI=1S/C14H20N2O6.C7H8O3S/c17-11-5-6-12(18)16(11)8-4-2-1-3-7-15(9-13(19)20)10-14(21)22;1-6-2-4-7(5-3-6)11(8,9)10/h5-6H,1-4,7-10H2,(H,19,20)(H,21,22);2-5H,1H3,(H,8,9,10). The number of aliphatic carboxylic acids is 2. The molecule has 182 valence electrons. The van der Waals surface area contributed by atoms with E-state index < -0.39 is 22.1 Å². The van der Waals surface area contributed by atoms with Crippen molar-refractivity contribution in [2.45, 2.75) is 37.5 Å². The highest BCUT2D eigenvalue weighted by atomic mass is 32.2. The normalized spacial score (nSPS) is 13.2. The third kappa shape index (κ3) is 11.4. The lowest BCUT2D eigenvalue weighted by Crippen LogP contribution is -2.35. The number of carbonyl (C=O) groups excluding carboxylic acids is 2. The molecule has 1 heterocycles. The minimum atomic E-state index is -4.02. The van der Waals surface area contributed by atoms with E-state index in [1.165, 1.54) is 34.1 Å². The van der Waals surface area contributed by atoms with Gasteiger partial charge in [-0.05, 0) is 38.4 Å². The summed E-state index contributed by atoms with van der Waals surface area (Å²) in [5, 5.41) is 17.4. The van der Waals surface area contributed by atoms with Crippen LogP contribution in [0.1, 0.15) is 31.2 Å². The van der Waals surface area contributed by atoms with Gasteiger partial charge in [0.05, 0.1) is 18.0 Å². The van der Waals surface area contributed by atoms with Crippen LogP contribution in [0.2, 0.25) is 0 Å². The Morgan fingerprint density at radius 2 is 1.36 bits per heavy atom. The molecule has 2 amide bonds. The topological polar surface area (TPSA) is 170 Å². The van der Waals surface area contributed by atoms with Gasteiger partial charge in [0.25, 0.3) is 21.9 Å². The summed E-state index contributed by atoms with van der Waals surface area (Å²) in [6.07, 6.45) is 5.40.